The van der Waals surface area contributed by atoms with E-state index < -0.39 is 0 Å². The summed E-state index contributed by atoms with van der Waals surface area (Å²) in [6.07, 6.45) is 26.2. The number of hydrogen-bond donors (Lipinski definition) is 2. The third-order valence-electron chi connectivity index (χ3n) is 11.1. The van der Waals surface area contributed by atoms with Gasteiger partial charge in [0.1, 0.15) is 11.6 Å². The molecule has 0 bridgehead atoms. The van der Waals surface area contributed by atoms with Crippen LogP contribution in [0.4, 0.5) is 0 Å². The standard InChI is InChI=1S/2C19H32N4/c2*1-14-15(2)23(16(3)20-14)19(21-17-10-6-4-7-11-17)22-18-12-8-5-9-13-18/h2*17-18H,4-13H2,1-3H3,(H,21,22). The summed E-state index contributed by atoms with van der Waals surface area (Å²) in [5.74, 6) is 4.22. The van der Waals surface area contributed by atoms with Crippen LogP contribution in [-0.2, 0) is 0 Å². The first-order valence-corrected chi connectivity index (χ1v) is 19.0. The average Bonchev–Trinajstić information content (AvgIpc) is 3.48. The fourth-order valence-electron chi connectivity index (χ4n) is 8.12. The van der Waals surface area contributed by atoms with E-state index in [9.17, 15) is 0 Å². The molecule has 2 aromatic rings. The molecule has 4 aliphatic carbocycles. The Hall–Kier alpha value is -2.64. The zero-order chi connectivity index (χ0) is 32.5. The van der Waals surface area contributed by atoms with Crippen LogP contribution >= 0.6 is 0 Å². The van der Waals surface area contributed by atoms with Crippen LogP contribution in [0.3, 0.4) is 0 Å². The fourth-order valence-corrected chi connectivity index (χ4v) is 8.12. The van der Waals surface area contributed by atoms with Crippen molar-refractivity contribution in [2.45, 2.75) is 194 Å². The number of aliphatic imine (C=N–C) groups is 2. The topological polar surface area (TPSA) is 84.4 Å². The lowest BCUT2D eigenvalue weighted by molar-refractivity contribution is 0.405. The van der Waals surface area contributed by atoms with Crippen LogP contribution < -0.4 is 10.6 Å². The Morgan fingerprint density at radius 1 is 0.478 bits per heavy atom. The summed E-state index contributed by atoms with van der Waals surface area (Å²) in [7, 11) is 0. The summed E-state index contributed by atoms with van der Waals surface area (Å²) in [6.45, 7) is 12.7. The third-order valence-corrected chi connectivity index (χ3v) is 11.1. The summed E-state index contributed by atoms with van der Waals surface area (Å²) in [6, 6.07) is 2.12. The van der Waals surface area contributed by atoms with Gasteiger partial charge in [0.05, 0.1) is 23.5 Å². The van der Waals surface area contributed by atoms with E-state index in [0.717, 1.165) is 35.0 Å². The van der Waals surface area contributed by atoms with Crippen molar-refractivity contribution in [2.24, 2.45) is 9.98 Å². The van der Waals surface area contributed by atoms with E-state index in [1.54, 1.807) is 0 Å². The summed E-state index contributed by atoms with van der Waals surface area (Å²) >= 11 is 0. The van der Waals surface area contributed by atoms with E-state index in [1.165, 1.54) is 140 Å². The minimum Gasteiger partial charge on any atom is -0.353 e. The molecule has 4 saturated carbocycles. The van der Waals surface area contributed by atoms with E-state index in [0.29, 0.717) is 24.2 Å². The van der Waals surface area contributed by atoms with Crippen LogP contribution in [0.2, 0.25) is 0 Å². The van der Waals surface area contributed by atoms with Gasteiger partial charge in [0, 0.05) is 23.5 Å². The van der Waals surface area contributed by atoms with Crippen LogP contribution in [-0.4, -0.2) is 55.2 Å². The van der Waals surface area contributed by atoms with Gasteiger partial charge in [-0.3, -0.25) is 9.13 Å². The number of aryl methyl sites for hydroxylation is 4. The van der Waals surface area contributed by atoms with E-state index in [-0.39, 0.29) is 0 Å². The van der Waals surface area contributed by atoms with Crippen LogP contribution in [0.15, 0.2) is 9.98 Å². The molecule has 0 atom stereocenters. The highest BCUT2D eigenvalue weighted by atomic mass is 15.3. The van der Waals surface area contributed by atoms with Crippen molar-refractivity contribution in [1.82, 2.24) is 29.7 Å². The quantitative estimate of drug-likeness (QED) is 0.261. The number of rotatable bonds is 4. The summed E-state index contributed by atoms with van der Waals surface area (Å²) in [5, 5.41) is 7.57. The lowest BCUT2D eigenvalue weighted by Gasteiger charge is -2.27. The first-order chi connectivity index (χ1) is 22.3. The lowest BCUT2D eigenvalue weighted by Crippen LogP contribution is -2.41. The normalized spacial score (nSPS) is 21.6. The molecular formula is C38H64N8. The summed E-state index contributed by atoms with van der Waals surface area (Å²) in [4.78, 5) is 19.6. The second-order valence-electron chi connectivity index (χ2n) is 14.8. The molecule has 0 aromatic carbocycles. The SMILES string of the molecule is Cc1nc(C)n(C(=NC2CCCCC2)NC2CCCCC2)c1C.Cc1nc(C)n(C(=NC2CCCCC2)NC2CCCCC2)c1C. The lowest BCUT2D eigenvalue weighted by atomic mass is 9.95. The average molecular weight is 633 g/mol. The largest absolute Gasteiger partial charge is 0.353 e. The van der Waals surface area contributed by atoms with Crippen LogP contribution in [0.25, 0.3) is 0 Å². The molecule has 2 aromatic heterocycles. The Labute approximate surface area is 279 Å². The first-order valence-electron chi connectivity index (χ1n) is 19.0. The third kappa shape index (κ3) is 9.25. The minimum absolute atomic E-state index is 0.483. The van der Waals surface area contributed by atoms with Crippen molar-refractivity contribution in [2.75, 3.05) is 0 Å². The van der Waals surface area contributed by atoms with E-state index in [1.807, 2.05) is 0 Å². The molecule has 46 heavy (non-hydrogen) atoms. The van der Waals surface area contributed by atoms with Crippen molar-refractivity contribution in [3.05, 3.63) is 34.4 Å². The Morgan fingerprint density at radius 3 is 1.07 bits per heavy atom. The predicted molar refractivity (Wildman–Crippen MR) is 192 cm³/mol. The smallest absolute Gasteiger partial charge is 0.204 e. The molecule has 4 aliphatic rings. The molecule has 0 unspecified atom stereocenters. The van der Waals surface area contributed by atoms with Gasteiger partial charge in [-0.25, -0.2) is 20.0 Å². The number of nitrogens with one attached hydrogen (secondary N) is 2. The molecular weight excluding hydrogens is 568 g/mol. The van der Waals surface area contributed by atoms with Crippen molar-refractivity contribution >= 4 is 11.9 Å². The van der Waals surface area contributed by atoms with Gasteiger partial charge in [-0.1, -0.05) is 77.0 Å². The van der Waals surface area contributed by atoms with Crippen LogP contribution in [0, 0.1) is 41.5 Å². The number of aromatic nitrogens is 4. The van der Waals surface area contributed by atoms with Gasteiger partial charge in [-0.2, -0.15) is 0 Å². The highest BCUT2D eigenvalue weighted by molar-refractivity contribution is 5.85. The maximum Gasteiger partial charge on any atom is 0.204 e. The van der Waals surface area contributed by atoms with Gasteiger partial charge < -0.3 is 10.6 Å². The second-order valence-corrected chi connectivity index (χ2v) is 14.8. The van der Waals surface area contributed by atoms with Gasteiger partial charge in [-0.05, 0) is 92.9 Å². The predicted octanol–water partition coefficient (Wildman–Crippen LogP) is 8.53. The van der Waals surface area contributed by atoms with Crippen LogP contribution in [0.5, 0.6) is 0 Å². The second kappa shape index (κ2) is 17.0. The summed E-state index contributed by atoms with van der Waals surface area (Å²) in [5.41, 5.74) is 4.68. The molecule has 0 amide bonds. The van der Waals surface area contributed by atoms with Crippen molar-refractivity contribution < 1.29 is 0 Å². The molecule has 8 heteroatoms. The maximum atomic E-state index is 5.16. The van der Waals surface area contributed by atoms with Gasteiger partial charge >= 0.3 is 0 Å². The highest BCUT2D eigenvalue weighted by Crippen LogP contribution is 2.24. The Bertz CT molecular complexity index is 1190. The van der Waals surface area contributed by atoms with Crippen molar-refractivity contribution in [1.29, 1.82) is 0 Å². The van der Waals surface area contributed by atoms with E-state index in [2.05, 4.69) is 71.3 Å². The Morgan fingerprint density at radius 2 is 0.783 bits per heavy atom. The number of nitrogens with zero attached hydrogens (tertiary/aromatic N) is 6. The van der Waals surface area contributed by atoms with E-state index in [4.69, 9.17) is 9.98 Å². The van der Waals surface area contributed by atoms with Gasteiger partial charge in [0.2, 0.25) is 11.9 Å². The van der Waals surface area contributed by atoms with Crippen LogP contribution in [0.1, 0.15) is 163 Å². The van der Waals surface area contributed by atoms with Gasteiger partial charge in [0.15, 0.2) is 0 Å². The molecule has 256 valence electrons. The first kappa shape index (κ1) is 34.7. The molecule has 4 fully saturated rings. The zero-order valence-corrected chi connectivity index (χ0v) is 30.1. The number of hydrogen-bond acceptors (Lipinski definition) is 4. The molecule has 8 nitrogen and oxygen atoms in total. The highest BCUT2D eigenvalue weighted by Gasteiger charge is 2.23. The monoisotopic (exact) mass is 633 g/mol. The Kier molecular flexibility index (Phi) is 12.8. The fraction of sp³-hybridized carbons (Fsp3) is 0.789. The molecule has 0 saturated heterocycles. The van der Waals surface area contributed by atoms with Crippen molar-refractivity contribution in [3.8, 4) is 0 Å². The Balaban J connectivity index is 0.000000181. The molecule has 6 rings (SSSR count). The molecule has 2 heterocycles. The van der Waals surface area contributed by atoms with Gasteiger partial charge in [-0.15, -0.1) is 0 Å². The molecule has 0 spiro atoms. The van der Waals surface area contributed by atoms with E-state index >= 15 is 0 Å². The van der Waals surface area contributed by atoms with Crippen molar-refractivity contribution in [3.63, 3.8) is 0 Å². The zero-order valence-electron chi connectivity index (χ0n) is 30.1. The summed E-state index contributed by atoms with van der Waals surface area (Å²) < 4.78 is 4.50. The molecule has 0 aliphatic heterocycles. The number of imidazole rings is 2. The maximum absolute atomic E-state index is 5.16. The minimum atomic E-state index is 0.483. The molecule has 0 radical (unpaired) electrons. The van der Waals surface area contributed by atoms with Gasteiger partial charge in [0.25, 0.3) is 0 Å². The molecule has 2 N–H and O–H groups in total.